The molecule has 3 rings (SSSR count). The number of esters is 1. The molecule has 2 N–H and O–H groups in total. The maximum Gasteiger partial charge on any atom is 0.343 e. The van der Waals surface area contributed by atoms with E-state index >= 15 is 0 Å². The maximum absolute atomic E-state index is 13.0. The van der Waals surface area contributed by atoms with Gasteiger partial charge in [0.2, 0.25) is 0 Å². The van der Waals surface area contributed by atoms with Crippen molar-refractivity contribution in [2.75, 3.05) is 13.7 Å². The van der Waals surface area contributed by atoms with Gasteiger partial charge in [-0.1, -0.05) is 65.7 Å². The molecule has 0 aliphatic rings. The van der Waals surface area contributed by atoms with Crippen LogP contribution in [0.15, 0.2) is 77.9 Å². The Morgan fingerprint density at radius 3 is 2.46 bits per heavy atom. The lowest BCUT2D eigenvalue weighted by Crippen LogP contribution is -2.50. The van der Waals surface area contributed by atoms with Crippen molar-refractivity contribution in [1.82, 2.24) is 10.7 Å². The second-order valence-corrected chi connectivity index (χ2v) is 9.10. The monoisotopic (exact) mass is 571 g/mol. The van der Waals surface area contributed by atoms with Crippen LogP contribution in [0.4, 0.5) is 0 Å². The first-order valence-electron chi connectivity index (χ1n) is 11.8. The van der Waals surface area contributed by atoms with Gasteiger partial charge in [-0.25, -0.2) is 10.2 Å². The molecule has 0 aliphatic carbocycles. The Bertz CT molecular complexity index is 1320. The van der Waals surface area contributed by atoms with Crippen molar-refractivity contribution in [1.29, 1.82) is 0 Å². The fraction of sp³-hybridized carbons (Fsp3) is 0.214. The van der Waals surface area contributed by atoms with Crippen LogP contribution in [-0.4, -0.2) is 49.9 Å². The van der Waals surface area contributed by atoms with E-state index in [9.17, 15) is 14.4 Å². The Balaban J connectivity index is 1.66. The van der Waals surface area contributed by atoms with Gasteiger partial charge in [0.15, 0.2) is 12.7 Å². The van der Waals surface area contributed by atoms with E-state index in [1.165, 1.54) is 19.4 Å². The molecule has 0 radical (unpaired) electrons. The average molecular weight is 572 g/mol. The number of nitrogens with one attached hydrogen (secondary N) is 2. The summed E-state index contributed by atoms with van der Waals surface area (Å²) in [5, 5.41) is 7.43. The third kappa shape index (κ3) is 9.63. The number of ether oxygens (including phenoxy) is 3. The third-order valence-corrected chi connectivity index (χ3v) is 5.84. The number of amides is 2. The highest BCUT2D eigenvalue weighted by molar-refractivity contribution is 6.35. The van der Waals surface area contributed by atoms with E-state index in [4.69, 9.17) is 32.7 Å². The van der Waals surface area contributed by atoms with Crippen molar-refractivity contribution >= 4 is 47.2 Å². The highest BCUT2D eigenvalue weighted by Gasteiger charge is 2.25. The minimum atomic E-state index is -0.953. The largest absolute Gasteiger partial charge is 0.482 e. The number of rotatable bonds is 12. The molecule has 11 heteroatoms. The molecule has 0 aromatic heterocycles. The summed E-state index contributed by atoms with van der Waals surface area (Å²) in [6.07, 6.45) is 0.684. The average Bonchev–Trinajstić information content (AvgIpc) is 2.93. The molecule has 9 nitrogen and oxygen atoms in total. The zero-order chi connectivity index (χ0) is 28.2. The van der Waals surface area contributed by atoms with Gasteiger partial charge >= 0.3 is 5.97 Å². The molecule has 0 aliphatic heterocycles. The minimum absolute atomic E-state index is 0.221. The Hall–Kier alpha value is -4.08. The molecule has 0 spiro atoms. The lowest BCUT2D eigenvalue weighted by molar-refractivity contribution is -0.142. The van der Waals surface area contributed by atoms with Gasteiger partial charge in [-0.3, -0.25) is 9.59 Å². The van der Waals surface area contributed by atoms with Crippen molar-refractivity contribution in [3.05, 3.63) is 94.0 Å². The molecule has 0 fully saturated rings. The summed E-state index contributed by atoms with van der Waals surface area (Å²) in [4.78, 5) is 37.2. The molecule has 2 atom stereocenters. The molecular weight excluding hydrogens is 545 g/mol. The van der Waals surface area contributed by atoms with Crippen molar-refractivity contribution in [3.8, 4) is 11.5 Å². The second kappa shape index (κ2) is 14.8. The van der Waals surface area contributed by atoms with E-state index < -0.39 is 29.9 Å². The van der Waals surface area contributed by atoms with E-state index in [0.29, 0.717) is 16.3 Å². The van der Waals surface area contributed by atoms with Crippen LogP contribution < -0.4 is 20.2 Å². The van der Waals surface area contributed by atoms with Gasteiger partial charge in [0, 0.05) is 11.4 Å². The number of carbonyl (C=O) groups is 3. The smallest absolute Gasteiger partial charge is 0.343 e. The summed E-state index contributed by atoms with van der Waals surface area (Å²) < 4.78 is 15.6. The van der Waals surface area contributed by atoms with E-state index in [1.807, 2.05) is 30.3 Å². The van der Waals surface area contributed by atoms with Gasteiger partial charge in [-0.15, -0.1) is 0 Å². The van der Waals surface area contributed by atoms with Crippen molar-refractivity contribution < 1.29 is 28.6 Å². The number of nitrogens with zero attached hydrogens (tertiary/aromatic N) is 1. The van der Waals surface area contributed by atoms with Crippen LogP contribution in [0, 0.1) is 0 Å². The molecule has 204 valence electrons. The topological polar surface area (TPSA) is 115 Å². The molecule has 0 bridgehead atoms. The van der Waals surface area contributed by atoms with Crippen LogP contribution in [-0.2, 0) is 25.5 Å². The van der Waals surface area contributed by atoms with Crippen LogP contribution in [0.25, 0.3) is 0 Å². The number of hydrazone groups is 1. The van der Waals surface area contributed by atoms with Gasteiger partial charge in [0.1, 0.15) is 17.5 Å². The first-order chi connectivity index (χ1) is 18.7. The lowest BCUT2D eigenvalue weighted by Gasteiger charge is -2.21. The van der Waals surface area contributed by atoms with Gasteiger partial charge < -0.3 is 19.5 Å². The van der Waals surface area contributed by atoms with E-state index in [0.717, 1.165) is 5.56 Å². The molecule has 2 amide bonds. The first-order valence-corrected chi connectivity index (χ1v) is 12.6. The maximum atomic E-state index is 13.0. The van der Waals surface area contributed by atoms with Gasteiger partial charge in [0.25, 0.3) is 11.8 Å². The van der Waals surface area contributed by atoms with Gasteiger partial charge in [-0.05, 0) is 48.4 Å². The van der Waals surface area contributed by atoms with Crippen molar-refractivity contribution in [2.45, 2.75) is 25.5 Å². The fourth-order valence-electron chi connectivity index (χ4n) is 3.30. The molecule has 0 heterocycles. The number of benzene rings is 3. The Kier molecular flexibility index (Phi) is 11.1. The number of hydrogen-bond acceptors (Lipinski definition) is 7. The predicted molar refractivity (Wildman–Crippen MR) is 148 cm³/mol. The minimum Gasteiger partial charge on any atom is -0.482 e. The molecule has 0 unspecified atom stereocenters. The van der Waals surface area contributed by atoms with Crippen LogP contribution in [0.5, 0.6) is 11.5 Å². The number of carbonyl (C=O) groups excluding carboxylic acids is 3. The molecule has 3 aromatic carbocycles. The van der Waals surface area contributed by atoms with Gasteiger partial charge in [-0.2, -0.15) is 5.10 Å². The number of methoxy groups -OCH3 is 1. The molecular formula is C28H27Cl2N3O6. The number of hydrogen-bond donors (Lipinski definition) is 2. The van der Waals surface area contributed by atoms with E-state index in [1.54, 1.807) is 43.3 Å². The zero-order valence-corrected chi connectivity index (χ0v) is 22.7. The van der Waals surface area contributed by atoms with Crippen LogP contribution in [0.3, 0.4) is 0 Å². The summed E-state index contributed by atoms with van der Waals surface area (Å²) in [6, 6.07) is 19.7. The second-order valence-electron chi connectivity index (χ2n) is 8.26. The quantitative estimate of drug-likeness (QED) is 0.191. The predicted octanol–water partition coefficient (Wildman–Crippen LogP) is 4.19. The summed E-state index contributed by atoms with van der Waals surface area (Å²) in [6.45, 7) is 1.31. The van der Waals surface area contributed by atoms with E-state index in [-0.39, 0.29) is 23.8 Å². The van der Waals surface area contributed by atoms with E-state index in [2.05, 4.69) is 20.6 Å². The van der Waals surface area contributed by atoms with Gasteiger partial charge in [0.05, 0.1) is 18.3 Å². The molecule has 0 saturated heterocycles. The first kappa shape index (κ1) is 29.5. The Morgan fingerprint density at radius 2 is 1.74 bits per heavy atom. The summed E-state index contributed by atoms with van der Waals surface area (Å²) >= 11 is 12.1. The zero-order valence-electron chi connectivity index (χ0n) is 21.2. The van der Waals surface area contributed by atoms with Crippen LogP contribution in [0.2, 0.25) is 10.0 Å². The molecule has 3 aromatic rings. The normalized spacial score (nSPS) is 12.3. The Morgan fingerprint density at radius 1 is 0.974 bits per heavy atom. The molecule has 0 saturated carbocycles. The number of halogens is 2. The molecule has 39 heavy (non-hydrogen) atoms. The highest BCUT2D eigenvalue weighted by atomic mass is 35.5. The fourth-order valence-corrected chi connectivity index (χ4v) is 3.75. The Labute approximate surface area is 236 Å². The summed E-state index contributed by atoms with van der Waals surface area (Å²) in [5.74, 6) is -0.839. The highest BCUT2D eigenvalue weighted by Crippen LogP contribution is 2.28. The standard InChI is InChI=1S/C28H27Cl2N3O6/c1-18(39-25-12-11-21(29)15-23(25)30)27(35)32-24(14-19-7-4-3-5-8-19)28(36)33-31-16-20-9-6-10-22(13-20)38-17-26(34)37-2/h3-13,15-16,18,24H,14,17H2,1-2H3,(H,32,35)(H,33,36)/b31-16-/t18-,24-/m1/s1. The summed E-state index contributed by atoms with van der Waals surface area (Å²) in [7, 11) is 1.27. The SMILES string of the molecule is COC(=O)COc1cccc(/C=N\NC(=O)[C@@H](Cc2ccccc2)NC(=O)[C@@H](C)Oc2ccc(Cl)cc2Cl)c1. The summed E-state index contributed by atoms with van der Waals surface area (Å²) in [5.41, 5.74) is 3.92. The van der Waals surface area contributed by atoms with Crippen molar-refractivity contribution in [2.24, 2.45) is 5.10 Å². The van der Waals surface area contributed by atoms with Crippen LogP contribution >= 0.6 is 23.2 Å². The lowest BCUT2D eigenvalue weighted by atomic mass is 10.1. The van der Waals surface area contributed by atoms with Crippen molar-refractivity contribution in [3.63, 3.8) is 0 Å². The third-order valence-electron chi connectivity index (χ3n) is 5.31. The van der Waals surface area contributed by atoms with Crippen LogP contribution in [0.1, 0.15) is 18.1 Å².